The van der Waals surface area contributed by atoms with E-state index in [0.717, 1.165) is 173 Å². The van der Waals surface area contributed by atoms with Crippen molar-refractivity contribution in [1.82, 2.24) is 37.4 Å². The number of para-hydroxylation sites is 8. The highest BCUT2D eigenvalue weighted by atomic mass is 15.0. The number of hydrogen-bond donors (Lipinski definition) is 0. The number of fused-ring (bicyclic) bond motifs is 18. The van der Waals surface area contributed by atoms with Crippen LogP contribution in [0.15, 0.2) is 497 Å². The predicted octanol–water partition coefficient (Wildman–Crippen LogP) is 34.1. The lowest BCUT2D eigenvalue weighted by Gasteiger charge is -2.16. The summed E-state index contributed by atoms with van der Waals surface area (Å²) < 4.78 is 14.5. The summed E-state index contributed by atoms with van der Waals surface area (Å²) in [6.45, 7) is 0. The van der Waals surface area contributed by atoms with Gasteiger partial charge < -0.3 is 27.4 Å². The van der Waals surface area contributed by atoms with Crippen LogP contribution in [-0.2, 0) is 0 Å². The predicted molar refractivity (Wildman–Crippen MR) is 577 cm³/mol. The third-order valence-electron chi connectivity index (χ3n) is 28.6. The van der Waals surface area contributed by atoms with Crippen molar-refractivity contribution in [3.63, 3.8) is 0 Å². The zero-order valence-corrected chi connectivity index (χ0v) is 74.9. The van der Waals surface area contributed by atoms with E-state index in [9.17, 15) is 0 Å². The van der Waals surface area contributed by atoms with Crippen LogP contribution in [0.4, 0.5) is 0 Å². The van der Waals surface area contributed by atoms with Crippen molar-refractivity contribution in [2.75, 3.05) is 0 Å². The molecule has 0 N–H and O–H groups in total. The first-order valence-electron chi connectivity index (χ1n) is 47.3. The van der Waals surface area contributed by atoms with Crippen LogP contribution in [0.1, 0.15) is 0 Å². The molecule has 0 aliphatic rings. The molecule has 0 unspecified atom stereocenters. The van der Waals surface area contributed by atoms with E-state index in [1.807, 2.05) is 0 Å². The second-order valence-electron chi connectivity index (χ2n) is 36.3. The Hall–Kier alpha value is -18.5. The average molecular weight is 1760 g/mol. The van der Waals surface area contributed by atoms with Crippen LogP contribution in [0.25, 0.3) is 266 Å². The van der Waals surface area contributed by atoms with Gasteiger partial charge in [-0.15, -0.1) is 0 Å². The van der Waals surface area contributed by atoms with Crippen molar-refractivity contribution >= 4 is 131 Å². The first kappa shape index (κ1) is 78.2. The first-order chi connectivity index (χ1) is 68.4. The highest BCUT2D eigenvalue weighted by Gasteiger charge is 2.26. The van der Waals surface area contributed by atoms with Gasteiger partial charge in [0, 0.05) is 115 Å². The van der Waals surface area contributed by atoms with Crippen molar-refractivity contribution < 1.29 is 0 Å². The van der Waals surface area contributed by atoms with Crippen LogP contribution >= 0.6 is 0 Å². The Labute approximate surface area is 794 Å². The van der Waals surface area contributed by atoms with E-state index < -0.39 is 0 Å². The van der Waals surface area contributed by atoms with Crippen molar-refractivity contribution in [2.24, 2.45) is 0 Å². The standard InChI is InChI=1S/C130H82N8/c1-7-29-83(30-8-1)85-53-62-102(84-31-9-2-10-32-84)115(81-85)130-131-116(94-33-27-43-100(71-94)137-126-67-58-90(86-54-63-122-107(73-86)103-45-19-23-49-118(103)133(122)96-35-11-3-12-36-96)77-111(126)112-78-91(59-68-127(112)137)87-55-64-123-108(74-87)104-46-20-24-50-119(104)134(123)97-37-13-4-14-38-97)82-117(132-130)95-34-28-44-101(72-95)138-128-69-60-92(88-56-65-124-109(75-88)105-47-21-25-51-120(105)135(124)98-39-15-5-16-40-98)79-113(128)114-80-93(61-70-129(114)138)89-57-66-125-110(76-89)106-48-22-26-52-121(106)136(125)99-41-17-6-18-42-99/h1-82H. The molecular weight excluding hydrogens is 1670 g/mol. The summed E-state index contributed by atoms with van der Waals surface area (Å²) >= 11 is 0. The summed E-state index contributed by atoms with van der Waals surface area (Å²) in [5, 5.41) is 14.3. The number of nitrogens with zero attached hydrogens (tertiary/aromatic N) is 8. The molecule has 0 spiro atoms. The van der Waals surface area contributed by atoms with Gasteiger partial charge in [0.05, 0.1) is 77.6 Å². The molecule has 21 aromatic carbocycles. The van der Waals surface area contributed by atoms with Crippen LogP contribution in [0.5, 0.6) is 0 Å². The maximum Gasteiger partial charge on any atom is 0.161 e. The lowest BCUT2D eigenvalue weighted by atomic mass is 9.94. The number of aromatic nitrogens is 8. The summed E-state index contributed by atoms with van der Waals surface area (Å²) in [4.78, 5) is 11.7. The molecule has 0 saturated heterocycles. The molecule has 138 heavy (non-hydrogen) atoms. The maximum absolute atomic E-state index is 5.86. The maximum atomic E-state index is 5.86. The van der Waals surface area contributed by atoms with Gasteiger partial charge in [0.1, 0.15) is 0 Å². The normalized spacial score (nSPS) is 11.9. The average Bonchev–Trinajstić information content (AvgIpc) is 1.58. The molecular formula is C130H82N8. The summed E-state index contributed by atoms with van der Waals surface area (Å²) in [5.41, 5.74) is 38.0. The second-order valence-corrected chi connectivity index (χ2v) is 36.3. The zero-order valence-electron chi connectivity index (χ0n) is 74.9. The molecule has 0 saturated carbocycles. The monoisotopic (exact) mass is 1750 g/mol. The summed E-state index contributed by atoms with van der Waals surface area (Å²) in [5.74, 6) is 0.611. The molecule has 8 nitrogen and oxygen atoms in total. The number of benzene rings is 21. The Morgan fingerprint density at radius 1 is 0.116 bits per heavy atom. The molecule has 0 aliphatic carbocycles. The quantitative estimate of drug-likeness (QED) is 0.103. The molecule has 0 radical (unpaired) electrons. The largest absolute Gasteiger partial charge is 0.309 e. The van der Waals surface area contributed by atoms with Gasteiger partial charge in [0.15, 0.2) is 5.82 Å². The summed E-state index contributed by atoms with van der Waals surface area (Å²) in [6.07, 6.45) is 0. The molecule has 0 bridgehead atoms. The van der Waals surface area contributed by atoms with E-state index in [1.165, 1.54) is 87.2 Å². The van der Waals surface area contributed by atoms with Crippen molar-refractivity contribution in [2.45, 2.75) is 0 Å². The minimum atomic E-state index is 0.611. The topological polar surface area (TPSA) is 55.4 Å². The number of rotatable bonds is 15. The third-order valence-corrected chi connectivity index (χ3v) is 28.6. The van der Waals surface area contributed by atoms with Crippen molar-refractivity contribution in [3.05, 3.63) is 497 Å². The Morgan fingerprint density at radius 2 is 0.326 bits per heavy atom. The minimum absolute atomic E-state index is 0.611. The fourth-order valence-corrected chi connectivity index (χ4v) is 22.2. The lowest BCUT2D eigenvalue weighted by Crippen LogP contribution is -2.00. The fourth-order valence-electron chi connectivity index (χ4n) is 22.2. The molecule has 7 aromatic heterocycles. The van der Waals surface area contributed by atoms with Crippen LogP contribution in [0.3, 0.4) is 0 Å². The molecule has 642 valence electrons. The third kappa shape index (κ3) is 12.7. The molecule has 8 heteroatoms. The smallest absolute Gasteiger partial charge is 0.161 e. The fraction of sp³-hybridized carbons (Fsp3) is 0. The molecule has 28 aromatic rings. The zero-order chi connectivity index (χ0) is 90.6. The van der Waals surface area contributed by atoms with Crippen LogP contribution < -0.4 is 0 Å². The van der Waals surface area contributed by atoms with Crippen LogP contribution in [0.2, 0.25) is 0 Å². The SMILES string of the molecule is c1ccc(-c2ccc(-c3ccccc3)c(-c3nc(-c4cccc(-n5c6ccc(-c7ccc8c(c7)c7ccccc7n8-c7ccccc7)cc6c6cc(-c7ccc8c(c7)c7ccccc7n8-c7ccccc7)ccc65)c4)cc(-c4cccc(-n5c6ccc(-c7ccc8c(c7)c7ccccc7n8-c7ccccc7)cc6c6cc(-c7ccc8c(c7)c7ccccc7n8-c7ccccc7)ccc65)c4)n3)c2)cc1. The van der Waals surface area contributed by atoms with Crippen molar-refractivity contribution in [1.29, 1.82) is 0 Å². The summed E-state index contributed by atoms with van der Waals surface area (Å²) in [6, 6.07) is 183. The van der Waals surface area contributed by atoms with E-state index in [2.05, 4.69) is 525 Å². The van der Waals surface area contributed by atoms with E-state index >= 15 is 0 Å². The van der Waals surface area contributed by atoms with Gasteiger partial charge in [0.2, 0.25) is 0 Å². The Kier molecular flexibility index (Phi) is 17.9. The molecule has 0 fully saturated rings. The highest BCUT2D eigenvalue weighted by Crippen LogP contribution is 2.48. The number of hydrogen-bond acceptors (Lipinski definition) is 2. The van der Waals surface area contributed by atoms with Gasteiger partial charge in [-0.3, -0.25) is 0 Å². The van der Waals surface area contributed by atoms with Crippen LogP contribution in [-0.4, -0.2) is 37.4 Å². The summed E-state index contributed by atoms with van der Waals surface area (Å²) in [7, 11) is 0. The van der Waals surface area contributed by atoms with E-state index in [4.69, 9.17) is 9.97 Å². The van der Waals surface area contributed by atoms with E-state index in [0.29, 0.717) is 5.82 Å². The highest BCUT2D eigenvalue weighted by molar-refractivity contribution is 6.18. The van der Waals surface area contributed by atoms with Gasteiger partial charge in [-0.25, -0.2) is 9.97 Å². The first-order valence-corrected chi connectivity index (χ1v) is 47.3. The van der Waals surface area contributed by atoms with Crippen molar-refractivity contribution in [3.8, 4) is 135 Å². The Morgan fingerprint density at radius 3 is 0.616 bits per heavy atom. The Balaban J connectivity index is 0.625. The van der Waals surface area contributed by atoms with E-state index in [-0.39, 0.29) is 0 Å². The van der Waals surface area contributed by atoms with Gasteiger partial charge >= 0.3 is 0 Å². The van der Waals surface area contributed by atoms with E-state index in [1.54, 1.807) is 0 Å². The second kappa shape index (κ2) is 31.6. The van der Waals surface area contributed by atoms with Gasteiger partial charge in [-0.05, 0) is 273 Å². The molecule has 0 amide bonds. The molecule has 28 rings (SSSR count). The van der Waals surface area contributed by atoms with Gasteiger partial charge in [-0.1, -0.05) is 291 Å². The van der Waals surface area contributed by atoms with Gasteiger partial charge in [-0.2, -0.15) is 0 Å². The Bertz CT molecular complexity index is 8890. The van der Waals surface area contributed by atoms with Gasteiger partial charge in [0.25, 0.3) is 0 Å². The van der Waals surface area contributed by atoms with Crippen LogP contribution in [0, 0.1) is 0 Å². The molecule has 7 heterocycles. The molecule has 0 atom stereocenters. The lowest BCUT2D eigenvalue weighted by molar-refractivity contribution is 1.16. The minimum Gasteiger partial charge on any atom is -0.309 e. The molecule has 0 aliphatic heterocycles.